The van der Waals surface area contributed by atoms with E-state index in [0.717, 1.165) is 0 Å². The summed E-state index contributed by atoms with van der Waals surface area (Å²) in [6, 6.07) is -6.91. The normalized spacial score (nSPS) is 17.2. The van der Waals surface area contributed by atoms with Crippen molar-refractivity contribution in [3.05, 3.63) is 0 Å². The summed E-state index contributed by atoms with van der Waals surface area (Å²) in [6.45, 7) is 10.4. The Morgan fingerprint density at radius 1 is 0.804 bits per heavy atom. The second kappa shape index (κ2) is 22.1. The van der Waals surface area contributed by atoms with Gasteiger partial charge >= 0.3 is 11.9 Å². The summed E-state index contributed by atoms with van der Waals surface area (Å²) >= 11 is 1.42. The minimum Gasteiger partial charge on any atom is -0.481 e. The molecule has 0 aromatic rings. The maximum absolute atomic E-state index is 13.8. The molecule has 1 aliphatic heterocycles. The first-order valence-corrected chi connectivity index (χ1v) is 18.7. The zero-order valence-electron chi connectivity index (χ0n) is 30.7. The van der Waals surface area contributed by atoms with Crippen molar-refractivity contribution in [1.29, 1.82) is 0 Å². The summed E-state index contributed by atoms with van der Waals surface area (Å²) in [5, 5.41) is 31.3. The zero-order valence-corrected chi connectivity index (χ0v) is 31.5. The molecule has 0 spiro atoms. The maximum Gasteiger partial charge on any atom is 0.326 e. The highest BCUT2D eigenvalue weighted by molar-refractivity contribution is 7.98. The smallest absolute Gasteiger partial charge is 0.326 e. The molecule has 17 nitrogen and oxygen atoms in total. The molecular weight excluding hydrogens is 686 g/mol. The number of hydrogen-bond donors (Lipinski definition) is 8. The molecule has 1 heterocycles. The van der Waals surface area contributed by atoms with Crippen LogP contribution >= 0.6 is 11.8 Å². The fraction of sp³-hybridized carbons (Fsp3) is 0.758. The third-order valence-electron chi connectivity index (χ3n) is 8.15. The lowest BCUT2D eigenvalue weighted by Crippen LogP contribution is -2.60. The number of rotatable bonds is 22. The van der Waals surface area contributed by atoms with E-state index < -0.39 is 103 Å². The van der Waals surface area contributed by atoms with Gasteiger partial charge in [-0.2, -0.15) is 11.8 Å². The van der Waals surface area contributed by atoms with Crippen LogP contribution in [0.4, 0.5) is 0 Å². The number of nitrogens with zero attached hydrogens (tertiary/aromatic N) is 1. The van der Waals surface area contributed by atoms with Crippen LogP contribution in [-0.2, 0) is 38.4 Å². The van der Waals surface area contributed by atoms with Gasteiger partial charge in [0.05, 0.1) is 19.0 Å². The number of amides is 6. The fourth-order valence-corrected chi connectivity index (χ4v) is 6.02. The fourth-order valence-electron chi connectivity index (χ4n) is 5.55. The molecule has 1 rings (SSSR count). The Morgan fingerprint density at radius 3 is 1.94 bits per heavy atom. The van der Waals surface area contributed by atoms with E-state index in [-0.39, 0.29) is 37.6 Å². The molecule has 0 aromatic heterocycles. The summed E-state index contributed by atoms with van der Waals surface area (Å²) < 4.78 is 0. The molecule has 290 valence electrons. The van der Waals surface area contributed by atoms with E-state index in [0.29, 0.717) is 18.6 Å². The molecule has 18 heteroatoms. The molecule has 9 N–H and O–H groups in total. The van der Waals surface area contributed by atoms with Crippen LogP contribution in [0.5, 0.6) is 0 Å². The van der Waals surface area contributed by atoms with E-state index in [2.05, 4.69) is 26.6 Å². The second-order valence-corrected chi connectivity index (χ2v) is 14.9. The van der Waals surface area contributed by atoms with Gasteiger partial charge in [0, 0.05) is 6.54 Å². The number of thioether (sulfide) groups is 1. The number of hydrogen-bond acceptors (Lipinski definition) is 10. The SMILES string of the molecule is CSCC[C@H](NC(=O)CNC(=O)[C@@H]1CCCN1C(=O)[C@H](CC(C)C)NC(=O)[C@H](CC(=O)O)NC(=O)[C@@H](NC(=O)[C@@H](N)CC(C)C)C(C)C)C(=O)O. The number of carboxylic acid groups (broad SMARTS) is 2. The van der Waals surface area contributed by atoms with E-state index in [1.165, 1.54) is 16.7 Å². The first-order valence-electron chi connectivity index (χ1n) is 17.3. The average molecular weight is 744 g/mol. The average Bonchev–Trinajstić information content (AvgIpc) is 3.52. The Kier molecular flexibility index (Phi) is 19.5. The lowest BCUT2D eigenvalue weighted by molar-refractivity contribution is -0.144. The molecule has 0 unspecified atom stereocenters. The first kappa shape index (κ1) is 45.1. The standard InChI is InChI=1S/C33H57N7O10S/c1-17(2)13-20(34)28(44)39-27(19(5)6)31(47)37-22(15-26(42)43)29(45)38-23(14-18(3)4)32(48)40-11-8-9-24(40)30(46)35-16-25(41)36-21(33(49)50)10-12-51-7/h17-24,27H,8-16,34H2,1-7H3,(H,35,46)(H,36,41)(H,37,47)(H,38,45)(H,39,44)(H,42,43)(H,49,50)/t20-,21-,22-,23-,24-,27-/m0/s1. The topological polar surface area (TPSA) is 266 Å². The van der Waals surface area contributed by atoms with Crippen molar-refractivity contribution in [3.8, 4) is 0 Å². The van der Waals surface area contributed by atoms with Crippen LogP contribution in [0.15, 0.2) is 0 Å². The number of nitrogens with two attached hydrogens (primary N) is 1. The molecular formula is C33H57N7O10S. The highest BCUT2D eigenvalue weighted by Gasteiger charge is 2.39. The van der Waals surface area contributed by atoms with E-state index in [1.54, 1.807) is 34.0 Å². The van der Waals surface area contributed by atoms with Gasteiger partial charge in [-0.15, -0.1) is 0 Å². The van der Waals surface area contributed by atoms with Crippen LogP contribution in [0, 0.1) is 17.8 Å². The van der Waals surface area contributed by atoms with Crippen molar-refractivity contribution < 1.29 is 48.6 Å². The number of carboxylic acids is 2. The summed E-state index contributed by atoms with van der Waals surface area (Å²) in [5.74, 6) is -6.82. The van der Waals surface area contributed by atoms with Crippen LogP contribution in [0.1, 0.15) is 80.1 Å². The quantitative estimate of drug-likeness (QED) is 0.0693. The summed E-state index contributed by atoms with van der Waals surface area (Å²) in [7, 11) is 0. The van der Waals surface area contributed by atoms with Crippen LogP contribution in [0.25, 0.3) is 0 Å². The van der Waals surface area contributed by atoms with Gasteiger partial charge in [0.2, 0.25) is 35.4 Å². The number of likely N-dealkylation sites (tertiary alicyclic amines) is 1. The number of carbonyl (C=O) groups is 8. The molecule has 0 saturated carbocycles. The number of carbonyl (C=O) groups excluding carboxylic acids is 6. The number of nitrogens with one attached hydrogen (secondary N) is 5. The molecule has 0 aromatic carbocycles. The first-order chi connectivity index (χ1) is 23.8. The monoisotopic (exact) mass is 743 g/mol. The van der Waals surface area contributed by atoms with E-state index >= 15 is 0 Å². The Hall–Kier alpha value is -3.93. The van der Waals surface area contributed by atoms with Gasteiger partial charge in [-0.3, -0.25) is 33.6 Å². The highest BCUT2D eigenvalue weighted by atomic mass is 32.2. The molecule has 0 aliphatic carbocycles. The minimum absolute atomic E-state index is 0.118. The predicted octanol–water partition coefficient (Wildman–Crippen LogP) is -0.579. The van der Waals surface area contributed by atoms with Crippen LogP contribution < -0.4 is 32.3 Å². The van der Waals surface area contributed by atoms with Crippen molar-refractivity contribution in [3.63, 3.8) is 0 Å². The van der Waals surface area contributed by atoms with Crippen molar-refractivity contribution in [2.75, 3.05) is 25.1 Å². The maximum atomic E-state index is 13.8. The predicted molar refractivity (Wildman–Crippen MR) is 190 cm³/mol. The van der Waals surface area contributed by atoms with E-state index in [9.17, 15) is 48.6 Å². The third-order valence-corrected chi connectivity index (χ3v) is 8.79. The van der Waals surface area contributed by atoms with Gasteiger partial charge in [-0.05, 0) is 61.9 Å². The molecule has 1 fully saturated rings. The lowest BCUT2D eigenvalue weighted by atomic mass is 9.99. The molecule has 6 atom stereocenters. The minimum atomic E-state index is -1.61. The van der Waals surface area contributed by atoms with Gasteiger partial charge in [-0.1, -0.05) is 41.5 Å². The Balaban J connectivity index is 3.09. The highest BCUT2D eigenvalue weighted by Crippen LogP contribution is 2.21. The number of aliphatic carboxylic acids is 2. The van der Waals surface area contributed by atoms with Crippen LogP contribution in [0.2, 0.25) is 0 Å². The summed E-state index contributed by atoms with van der Waals surface area (Å²) in [6.07, 6.45) is 2.40. The van der Waals surface area contributed by atoms with Gasteiger partial charge in [0.1, 0.15) is 30.2 Å². The zero-order chi connectivity index (χ0) is 39.0. The molecule has 1 aliphatic rings. The Labute approximate surface area is 303 Å². The van der Waals surface area contributed by atoms with Gasteiger partial charge in [0.25, 0.3) is 0 Å². The van der Waals surface area contributed by atoms with Crippen molar-refractivity contribution in [2.45, 2.75) is 116 Å². The Morgan fingerprint density at radius 2 is 1.41 bits per heavy atom. The van der Waals surface area contributed by atoms with Gasteiger partial charge in [0.15, 0.2) is 0 Å². The molecule has 0 radical (unpaired) electrons. The second-order valence-electron chi connectivity index (χ2n) is 14.0. The third kappa shape index (κ3) is 15.9. The molecule has 51 heavy (non-hydrogen) atoms. The Bertz CT molecular complexity index is 1250. The molecule has 6 amide bonds. The van der Waals surface area contributed by atoms with Gasteiger partial charge in [-0.25, -0.2) is 4.79 Å². The van der Waals surface area contributed by atoms with Crippen molar-refractivity contribution >= 4 is 59.1 Å². The van der Waals surface area contributed by atoms with Gasteiger partial charge < -0.3 is 47.4 Å². The van der Waals surface area contributed by atoms with E-state index in [4.69, 9.17) is 5.73 Å². The van der Waals surface area contributed by atoms with Crippen molar-refractivity contribution in [1.82, 2.24) is 31.5 Å². The van der Waals surface area contributed by atoms with Crippen molar-refractivity contribution in [2.24, 2.45) is 23.5 Å². The molecule has 1 saturated heterocycles. The van der Waals surface area contributed by atoms with E-state index in [1.807, 2.05) is 13.8 Å². The summed E-state index contributed by atoms with van der Waals surface area (Å²) in [5.41, 5.74) is 5.97. The van der Waals surface area contributed by atoms with Crippen LogP contribution in [-0.4, -0.2) is 124 Å². The van der Waals surface area contributed by atoms with Crippen LogP contribution in [0.3, 0.4) is 0 Å². The lowest BCUT2D eigenvalue weighted by Gasteiger charge is -2.31. The summed E-state index contributed by atoms with van der Waals surface area (Å²) in [4.78, 5) is 103. The largest absolute Gasteiger partial charge is 0.481 e. The molecule has 0 bridgehead atoms.